The van der Waals surface area contributed by atoms with Crippen molar-refractivity contribution in [2.45, 2.75) is 35.9 Å². The zero-order chi connectivity index (χ0) is 14.2. The van der Waals surface area contributed by atoms with Crippen LogP contribution in [0.3, 0.4) is 0 Å². The zero-order valence-corrected chi connectivity index (χ0v) is 14.5. The van der Waals surface area contributed by atoms with E-state index in [1.54, 1.807) is 10.4 Å². The molecule has 0 aromatic carbocycles. The van der Waals surface area contributed by atoms with E-state index in [-0.39, 0.29) is 0 Å². The number of nitrogens with zero attached hydrogens (tertiary/aromatic N) is 2. The minimum atomic E-state index is -3.31. The molecule has 3 heterocycles. The number of piperidine rings is 1. The second-order valence-electron chi connectivity index (χ2n) is 5.43. The van der Waals surface area contributed by atoms with Crippen LogP contribution in [0, 0.1) is 0 Å². The van der Waals surface area contributed by atoms with Crippen molar-refractivity contribution in [1.29, 1.82) is 0 Å². The maximum atomic E-state index is 12.6. The summed E-state index contributed by atoms with van der Waals surface area (Å²) in [4.78, 5) is 2.53. The van der Waals surface area contributed by atoms with Crippen LogP contribution in [0.2, 0.25) is 0 Å². The van der Waals surface area contributed by atoms with Crippen molar-refractivity contribution < 1.29 is 8.42 Å². The Morgan fingerprint density at radius 1 is 1.15 bits per heavy atom. The fraction of sp³-hybridized carbons (Fsp3) is 0.692. The quantitative estimate of drug-likeness (QED) is 0.811. The molecule has 0 saturated carbocycles. The fourth-order valence-electron chi connectivity index (χ4n) is 3.14. The number of thiophene rings is 1. The molecular weight excluding hydrogens is 360 g/mol. The van der Waals surface area contributed by atoms with Gasteiger partial charge in [0.1, 0.15) is 4.21 Å². The molecule has 2 aliphatic rings. The first kappa shape index (κ1) is 15.0. The molecule has 0 N–H and O–H groups in total. The number of hydrogen-bond donors (Lipinski definition) is 0. The summed E-state index contributed by atoms with van der Waals surface area (Å²) in [5, 5.41) is 1.81. The molecule has 0 amide bonds. The first-order valence-electron chi connectivity index (χ1n) is 7.06. The van der Waals surface area contributed by atoms with E-state index in [9.17, 15) is 8.42 Å². The van der Waals surface area contributed by atoms with Gasteiger partial charge in [-0.05, 0) is 66.1 Å². The van der Waals surface area contributed by atoms with E-state index in [2.05, 4.69) is 20.8 Å². The molecule has 20 heavy (non-hydrogen) atoms. The van der Waals surface area contributed by atoms with Gasteiger partial charge in [-0.1, -0.05) is 0 Å². The molecule has 1 aromatic heterocycles. The van der Waals surface area contributed by atoms with Crippen LogP contribution >= 0.6 is 27.3 Å². The Morgan fingerprint density at radius 2 is 1.80 bits per heavy atom. The zero-order valence-electron chi connectivity index (χ0n) is 11.3. The molecule has 0 aliphatic carbocycles. The first-order valence-corrected chi connectivity index (χ1v) is 10.2. The number of likely N-dealkylation sites (tertiary alicyclic amines) is 1. The van der Waals surface area contributed by atoms with Gasteiger partial charge >= 0.3 is 0 Å². The van der Waals surface area contributed by atoms with Gasteiger partial charge in [0.05, 0.1) is 0 Å². The third-order valence-electron chi connectivity index (χ3n) is 4.24. The topological polar surface area (TPSA) is 40.6 Å². The van der Waals surface area contributed by atoms with Gasteiger partial charge in [-0.2, -0.15) is 4.31 Å². The van der Waals surface area contributed by atoms with Gasteiger partial charge < -0.3 is 4.90 Å². The predicted molar refractivity (Wildman–Crippen MR) is 84.6 cm³/mol. The molecule has 1 aromatic rings. The van der Waals surface area contributed by atoms with Crippen LogP contribution in [-0.4, -0.2) is 49.8 Å². The average molecular weight is 379 g/mol. The van der Waals surface area contributed by atoms with E-state index in [0.717, 1.165) is 12.8 Å². The standard InChI is InChI=1S/C13H19BrN2O2S2/c14-12-5-10-19-13(12)20(17,18)16-8-3-11(4-9-16)15-6-1-2-7-15/h5,10-11H,1-4,6-9H2. The highest BCUT2D eigenvalue weighted by Gasteiger charge is 2.33. The Bertz CT molecular complexity index is 559. The monoisotopic (exact) mass is 378 g/mol. The molecule has 0 atom stereocenters. The van der Waals surface area contributed by atoms with E-state index in [0.29, 0.717) is 27.8 Å². The Hall–Kier alpha value is 0.0500. The minimum absolute atomic E-state index is 0.442. The smallest absolute Gasteiger partial charge is 0.253 e. The van der Waals surface area contributed by atoms with Crippen LogP contribution < -0.4 is 0 Å². The molecule has 2 aliphatic heterocycles. The minimum Gasteiger partial charge on any atom is -0.300 e. The Morgan fingerprint density at radius 3 is 2.35 bits per heavy atom. The first-order chi connectivity index (χ1) is 9.59. The lowest BCUT2D eigenvalue weighted by molar-refractivity contribution is 0.168. The second kappa shape index (κ2) is 6.04. The lowest BCUT2D eigenvalue weighted by Gasteiger charge is -2.35. The number of hydrogen-bond acceptors (Lipinski definition) is 4. The molecule has 2 saturated heterocycles. The van der Waals surface area contributed by atoms with Crippen molar-refractivity contribution in [2.75, 3.05) is 26.2 Å². The summed E-state index contributed by atoms with van der Waals surface area (Å²) >= 11 is 4.62. The van der Waals surface area contributed by atoms with Gasteiger partial charge in [-0.3, -0.25) is 0 Å². The molecule has 0 unspecified atom stereocenters. The Labute approximate surface area is 132 Å². The second-order valence-corrected chi connectivity index (χ2v) is 9.34. The van der Waals surface area contributed by atoms with Gasteiger partial charge in [-0.25, -0.2) is 8.42 Å². The molecule has 0 spiro atoms. The third-order valence-corrected chi connectivity index (χ3v) is 8.79. The Kier molecular flexibility index (Phi) is 4.52. The van der Waals surface area contributed by atoms with Gasteiger partial charge in [0.15, 0.2) is 0 Å². The van der Waals surface area contributed by atoms with E-state index < -0.39 is 10.0 Å². The molecule has 0 radical (unpaired) electrons. The lowest BCUT2D eigenvalue weighted by atomic mass is 10.1. The Balaban J connectivity index is 1.67. The molecule has 4 nitrogen and oxygen atoms in total. The molecule has 3 rings (SSSR count). The van der Waals surface area contributed by atoms with Crippen molar-refractivity contribution in [3.05, 3.63) is 15.9 Å². The van der Waals surface area contributed by atoms with Crippen molar-refractivity contribution in [1.82, 2.24) is 9.21 Å². The van der Waals surface area contributed by atoms with Crippen LogP contribution in [-0.2, 0) is 10.0 Å². The van der Waals surface area contributed by atoms with Crippen molar-refractivity contribution in [3.63, 3.8) is 0 Å². The number of halogens is 1. The summed E-state index contributed by atoms with van der Waals surface area (Å²) in [6.45, 7) is 3.67. The third kappa shape index (κ3) is 2.83. The van der Waals surface area contributed by atoms with Gasteiger partial charge in [0, 0.05) is 23.6 Å². The summed E-state index contributed by atoms with van der Waals surface area (Å²) < 4.78 is 28.0. The summed E-state index contributed by atoms with van der Waals surface area (Å²) in [5.41, 5.74) is 0. The average Bonchev–Trinajstić information content (AvgIpc) is 3.10. The lowest BCUT2D eigenvalue weighted by Crippen LogP contribution is -2.45. The maximum absolute atomic E-state index is 12.6. The normalized spacial score (nSPS) is 23.4. The van der Waals surface area contributed by atoms with Crippen LogP contribution in [0.25, 0.3) is 0 Å². The highest BCUT2D eigenvalue weighted by Crippen LogP contribution is 2.32. The summed E-state index contributed by atoms with van der Waals surface area (Å²) in [7, 11) is -3.31. The molecule has 112 valence electrons. The largest absolute Gasteiger partial charge is 0.300 e. The summed E-state index contributed by atoms with van der Waals surface area (Å²) in [6, 6.07) is 2.38. The summed E-state index contributed by atoms with van der Waals surface area (Å²) in [6.07, 6.45) is 4.51. The van der Waals surface area contributed by atoms with Crippen LogP contribution in [0.1, 0.15) is 25.7 Å². The van der Waals surface area contributed by atoms with Crippen molar-refractivity contribution >= 4 is 37.3 Å². The van der Waals surface area contributed by atoms with Gasteiger partial charge in [-0.15, -0.1) is 11.3 Å². The van der Waals surface area contributed by atoms with E-state index in [4.69, 9.17) is 0 Å². The predicted octanol–water partition coefficient (Wildman–Crippen LogP) is 2.76. The van der Waals surface area contributed by atoms with Crippen molar-refractivity contribution in [2.24, 2.45) is 0 Å². The highest BCUT2D eigenvalue weighted by molar-refractivity contribution is 9.10. The fourth-order valence-corrected chi connectivity index (χ4v) is 7.05. The molecule has 2 fully saturated rings. The number of sulfonamides is 1. The van der Waals surface area contributed by atoms with E-state index >= 15 is 0 Å². The van der Waals surface area contributed by atoms with Crippen LogP contribution in [0.4, 0.5) is 0 Å². The van der Waals surface area contributed by atoms with Gasteiger partial charge in [0.2, 0.25) is 0 Å². The molecule has 0 bridgehead atoms. The van der Waals surface area contributed by atoms with Crippen LogP contribution in [0.5, 0.6) is 0 Å². The highest BCUT2D eigenvalue weighted by atomic mass is 79.9. The van der Waals surface area contributed by atoms with Crippen LogP contribution in [0.15, 0.2) is 20.1 Å². The van der Waals surface area contributed by atoms with E-state index in [1.807, 2.05) is 5.38 Å². The van der Waals surface area contributed by atoms with E-state index in [1.165, 1.54) is 37.3 Å². The maximum Gasteiger partial charge on any atom is 0.253 e. The molecule has 7 heteroatoms. The number of rotatable bonds is 3. The SMILES string of the molecule is O=S(=O)(c1sccc1Br)N1CCC(N2CCCC2)CC1. The summed E-state index contributed by atoms with van der Waals surface area (Å²) in [5.74, 6) is 0. The molecular formula is C13H19BrN2O2S2. The van der Waals surface area contributed by atoms with Crippen molar-refractivity contribution in [3.8, 4) is 0 Å². The van der Waals surface area contributed by atoms with Gasteiger partial charge in [0.25, 0.3) is 10.0 Å².